The SMILES string of the molecule is Cc1cccc(Cn2nc(C)cc2NC(=O)[C@@H](N)Cc2cscn2)c1. The van der Waals surface area contributed by atoms with Crippen LogP contribution < -0.4 is 11.1 Å². The third kappa shape index (κ3) is 4.52. The minimum Gasteiger partial charge on any atom is -0.320 e. The van der Waals surface area contributed by atoms with Crippen molar-refractivity contribution in [1.29, 1.82) is 0 Å². The van der Waals surface area contributed by atoms with Gasteiger partial charge in [0.05, 0.1) is 29.5 Å². The van der Waals surface area contributed by atoms with Gasteiger partial charge in [-0.2, -0.15) is 5.10 Å². The van der Waals surface area contributed by atoms with Gasteiger partial charge in [0.15, 0.2) is 0 Å². The summed E-state index contributed by atoms with van der Waals surface area (Å²) in [4.78, 5) is 16.6. The lowest BCUT2D eigenvalue weighted by atomic mass is 10.1. The van der Waals surface area contributed by atoms with Gasteiger partial charge in [-0.3, -0.25) is 4.79 Å². The first-order valence-corrected chi connectivity index (χ1v) is 8.99. The topological polar surface area (TPSA) is 85.8 Å². The van der Waals surface area contributed by atoms with Crippen LogP contribution in [0.3, 0.4) is 0 Å². The number of hydrogen-bond acceptors (Lipinski definition) is 5. The number of nitrogens with two attached hydrogens (primary N) is 1. The Labute approximate surface area is 150 Å². The fraction of sp³-hybridized carbons (Fsp3) is 0.278. The molecule has 0 spiro atoms. The average molecular weight is 355 g/mol. The lowest BCUT2D eigenvalue weighted by Crippen LogP contribution is -2.38. The van der Waals surface area contributed by atoms with Crippen molar-refractivity contribution in [2.45, 2.75) is 32.9 Å². The van der Waals surface area contributed by atoms with Gasteiger partial charge in [-0.1, -0.05) is 29.8 Å². The summed E-state index contributed by atoms with van der Waals surface area (Å²) in [5.41, 5.74) is 11.7. The maximum Gasteiger partial charge on any atom is 0.242 e. The maximum absolute atomic E-state index is 12.4. The Morgan fingerprint density at radius 3 is 2.92 bits per heavy atom. The van der Waals surface area contributed by atoms with E-state index in [4.69, 9.17) is 5.73 Å². The van der Waals surface area contributed by atoms with Crippen LogP contribution in [0.15, 0.2) is 41.2 Å². The molecule has 0 unspecified atom stereocenters. The van der Waals surface area contributed by atoms with Crippen molar-refractivity contribution in [2.75, 3.05) is 5.32 Å². The fourth-order valence-electron chi connectivity index (χ4n) is 2.63. The number of amides is 1. The van der Waals surface area contributed by atoms with Gasteiger partial charge >= 0.3 is 0 Å². The number of benzene rings is 1. The van der Waals surface area contributed by atoms with Gasteiger partial charge in [-0.25, -0.2) is 9.67 Å². The van der Waals surface area contributed by atoms with Gasteiger partial charge in [-0.05, 0) is 19.4 Å². The number of aromatic nitrogens is 3. The first kappa shape index (κ1) is 17.3. The molecule has 6 nitrogen and oxygen atoms in total. The molecule has 0 fully saturated rings. The van der Waals surface area contributed by atoms with Gasteiger partial charge in [0.1, 0.15) is 5.82 Å². The summed E-state index contributed by atoms with van der Waals surface area (Å²) in [7, 11) is 0. The maximum atomic E-state index is 12.4. The minimum atomic E-state index is -0.648. The van der Waals surface area contributed by atoms with Crippen LogP contribution in [0.5, 0.6) is 0 Å². The molecule has 2 heterocycles. The molecule has 0 saturated heterocycles. The first-order chi connectivity index (χ1) is 12.0. The van der Waals surface area contributed by atoms with Crippen molar-refractivity contribution in [3.63, 3.8) is 0 Å². The van der Waals surface area contributed by atoms with Gasteiger partial charge in [-0.15, -0.1) is 11.3 Å². The third-order valence-electron chi connectivity index (χ3n) is 3.82. The molecule has 3 N–H and O–H groups in total. The van der Waals surface area contributed by atoms with Crippen LogP contribution in [0, 0.1) is 13.8 Å². The molecule has 0 aliphatic carbocycles. The molecule has 0 aliphatic heterocycles. The molecule has 0 bridgehead atoms. The average Bonchev–Trinajstić information content (AvgIpc) is 3.17. The Hall–Kier alpha value is -2.51. The molecular formula is C18H21N5OS. The smallest absolute Gasteiger partial charge is 0.242 e. The quantitative estimate of drug-likeness (QED) is 0.711. The predicted octanol–water partition coefficient (Wildman–Crippen LogP) is 2.51. The van der Waals surface area contributed by atoms with Crippen LogP contribution in [0.4, 0.5) is 5.82 Å². The number of hydrogen-bond donors (Lipinski definition) is 2. The number of anilines is 1. The Morgan fingerprint density at radius 1 is 1.36 bits per heavy atom. The predicted molar refractivity (Wildman–Crippen MR) is 99.7 cm³/mol. The molecule has 130 valence electrons. The van der Waals surface area contributed by atoms with E-state index in [1.54, 1.807) is 10.2 Å². The highest BCUT2D eigenvalue weighted by atomic mass is 32.1. The van der Waals surface area contributed by atoms with E-state index in [1.807, 2.05) is 30.5 Å². The van der Waals surface area contributed by atoms with Crippen LogP contribution in [-0.4, -0.2) is 26.7 Å². The number of thiazole rings is 1. The number of nitrogens with zero attached hydrogens (tertiary/aromatic N) is 3. The van der Waals surface area contributed by atoms with Crippen LogP contribution in [-0.2, 0) is 17.8 Å². The molecule has 25 heavy (non-hydrogen) atoms. The second-order valence-electron chi connectivity index (χ2n) is 6.10. The van der Waals surface area contributed by atoms with Crippen LogP contribution in [0.1, 0.15) is 22.5 Å². The van der Waals surface area contributed by atoms with E-state index in [9.17, 15) is 4.79 Å². The molecule has 7 heteroatoms. The molecule has 1 aromatic carbocycles. The summed E-state index contributed by atoms with van der Waals surface area (Å²) in [5, 5.41) is 9.27. The Bertz CT molecular complexity index is 856. The van der Waals surface area contributed by atoms with Crippen molar-refractivity contribution >= 4 is 23.1 Å². The lowest BCUT2D eigenvalue weighted by molar-refractivity contribution is -0.117. The van der Waals surface area contributed by atoms with Crippen molar-refractivity contribution < 1.29 is 4.79 Å². The number of carbonyl (C=O) groups is 1. The summed E-state index contributed by atoms with van der Waals surface area (Å²) in [6, 6.07) is 9.43. The van der Waals surface area contributed by atoms with Crippen molar-refractivity contribution in [3.05, 3.63) is 63.7 Å². The third-order valence-corrected chi connectivity index (χ3v) is 4.45. The summed E-state index contributed by atoms with van der Waals surface area (Å²) < 4.78 is 1.79. The second-order valence-corrected chi connectivity index (χ2v) is 6.82. The standard InChI is InChI=1S/C18H21N5OS/c1-12-4-3-5-14(6-12)9-23-17(7-13(2)22-23)21-18(24)16(19)8-15-10-25-11-20-15/h3-7,10-11,16H,8-9,19H2,1-2H3,(H,21,24)/t16-/m0/s1. The zero-order valence-corrected chi connectivity index (χ0v) is 15.1. The number of carbonyl (C=O) groups excluding carboxylic acids is 1. The highest BCUT2D eigenvalue weighted by Gasteiger charge is 2.17. The van der Waals surface area contributed by atoms with Crippen molar-refractivity contribution in [2.24, 2.45) is 5.73 Å². The highest BCUT2D eigenvalue weighted by molar-refractivity contribution is 7.07. The monoisotopic (exact) mass is 355 g/mol. The Balaban J connectivity index is 1.70. The molecule has 1 amide bonds. The van der Waals surface area contributed by atoms with Crippen LogP contribution >= 0.6 is 11.3 Å². The molecular weight excluding hydrogens is 334 g/mol. The van der Waals surface area contributed by atoms with Crippen molar-refractivity contribution in [1.82, 2.24) is 14.8 Å². The van der Waals surface area contributed by atoms with E-state index in [1.165, 1.54) is 16.9 Å². The van der Waals surface area contributed by atoms with Crippen molar-refractivity contribution in [3.8, 4) is 0 Å². The summed E-state index contributed by atoms with van der Waals surface area (Å²) in [5.74, 6) is 0.413. The molecule has 0 saturated carbocycles. The zero-order chi connectivity index (χ0) is 17.8. The van der Waals surface area contributed by atoms with Gasteiger partial charge in [0, 0.05) is 17.9 Å². The molecule has 0 radical (unpaired) electrons. The summed E-state index contributed by atoms with van der Waals surface area (Å²) >= 11 is 1.49. The van der Waals surface area contributed by atoms with E-state index in [0.717, 1.165) is 17.0 Å². The minimum absolute atomic E-state index is 0.238. The Kier molecular flexibility index (Phi) is 5.25. The van der Waals surface area contributed by atoms with E-state index in [-0.39, 0.29) is 5.91 Å². The molecule has 1 atom stereocenters. The van der Waals surface area contributed by atoms with Crippen LogP contribution in [0.2, 0.25) is 0 Å². The van der Waals surface area contributed by atoms with Crippen LogP contribution in [0.25, 0.3) is 0 Å². The highest BCUT2D eigenvalue weighted by Crippen LogP contribution is 2.15. The Morgan fingerprint density at radius 2 is 2.20 bits per heavy atom. The van der Waals surface area contributed by atoms with Gasteiger partial charge < -0.3 is 11.1 Å². The molecule has 3 aromatic rings. The lowest BCUT2D eigenvalue weighted by Gasteiger charge is -2.13. The number of nitrogens with one attached hydrogen (secondary N) is 1. The van der Waals surface area contributed by atoms with E-state index in [2.05, 4.69) is 34.5 Å². The van der Waals surface area contributed by atoms with Gasteiger partial charge in [0.2, 0.25) is 5.91 Å². The number of aryl methyl sites for hydroxylation is 2. The fourth-order valence-corrected chi connectivity index (χ4v) is 3.20. The molecule has 2 aromatic heterocycles. The first-order valence-electron chi connectivity index (χ1n) is 8.05. The van der Waals surface area contributed by atoms with E-state index < -0.39 is 6.04 Å². The van der Waals surface area contributed by atoms with Gasteiger partial charge in [0.25, 0.3) is 0 Å². The second kappa shape index (κ2) is 7.58. The zero-order valence-electron chi connectivity index (χ0n) is 14.3. The summed E-state index contributed by atoms with van der Waals surface area (Å²) in [6.07, 6.45) is 0.417. The van der Waals surface area contributed by atoms with E-state index >= 15 is 0 Å². The largest absolute Gasteiger partial charge is 0.320 e. The normalized spacial score (nSPS) is 12.1. The molecule has 3 rings (SSSR count). The summed E-state index contributed by atoms with van der Waals surface area (Å²) in [6.45, 7) is 4.54. The number of rotatable bonds is 6. The molecule has 0 aliphatic rings. The van der Waals surface area contributed by atoms with E-state index in [0.29, 0.717) is 18.8 Å².